The van der Waals surface area contributed by atoms with Crippen molar-refractivity contribution in [2.45, 2.75) is 58.2 Å². The predicted octanol–water partition coefficient (Wildman–Crippen LogP) is 3.71. The highest BCUT2D eigenvalue weighted by molar-refractivity contribution is 7.18. The molecule has 7 heteroatoms. The Morgan fingerprint density at radius 2 is 2.13 bits per heavy atom. The van der Waals surface area contributed by atoms with E-state index in [1.807, 2.05) is 13.8 Å². The number of fused-ring (bicyclic) bond motifs is 3. The molecule has 1 aromatic carbocycles. The lowest BCUT2D eigenvalue weighted by molar-refractivity contribution is 0.0791. The van der Waals surface area contributed by atoms with Crippen molar-refractivity contribution in [3.8, 4) is 0 Å². The molecular formula is C23H28FN3O2S. The van der Waals surface area contributed by atoms with Gasteiger partial charge in [-0.1, -0.05) is 12.1 Å². The van der Waals surface area contributed by atoms with Gasteiger partial charge in [-0.2, -0.15) is 0 Å². The second-order valence-electron chi connectivity index (χ2n) is 8.12. The van der Waals surface area contributed by atoms with Gasteiger partial charge in [-0.25, -0.2) is 9.37 Å². The molecule has 0 radical (unpaired) electrons. The van der Waals surface area contributed by atoms with Crippen LogP contribution in [0.25, 0.3) is 10.2 Å². The summed E-state index contributed by atoms with van der Waals surface area (Å²) in [7, 11) is 0. The smallest absolute Gasteiger partial charge is 0.262 e. The normalized spacial score (nSPS) is 16.3. The highest BCUT2D eigenvalue weighted by Gasteiger charge is 2.25. The molecule has 0 saturated carbocycles. The molecule has 4 rings (SSSR count). The highest BCUT2D eigenvalue weighted by Crippen LogP contribution is 2.33. The van der Waals surface area contributed by atoms with E-state index in [1.54, 1.807) is 34.4 Å². The van der Waals surface area contributed by atoms with E-state index in [2.05, 4.69) is 10.3 Å². The number of rotatable bonds is 8. The number of hydrogen-bond acceptors (Lipinski definition) is 5. The fourth-order valence-electron chi connectivity index (χ4n) is 3.99. The summed E-state index contributed by atoms with van der Waals surface area (Å²) in [5.41, 5.74) is 2.22. The molecule has 30 heavy (non-hydrogen) atoms. The summed E-state index contributed by atoms with van der Waals surface area (Å²) in [5, 5.41) is 4.37. The fraction of sp³-hybridized carbons (Fsp3) is 0.478. The molecule has 0 amide bonds. The fourth-order valence-corrected chi connectivity index (χ4v) is 5.25. The molecule has 1 unspecified atom stereocenters. The summed E-state index contributed by atoms with van der Waals surface area (Å²) in [4.78, 5) is 19.8. The van der Waals surface area contributed by atoms with E-state index in [9.17, 15) is 9.18 Å². The number of hydrogen-bond donors (Lipinski definition) is 1. The molecule has 1 aliphatic carbocycles. The topological polar surface area (TPSA) is 56.1 Å². The monoisotopic (exact) mass is 429 g/mol. The maximum Gasteiger partial charge on any atom is 0.262 e. The van der Waals surface area contributed by atoms with Gasteiger partial charge in [0.2, 0.25) is 0 Å². The second kappa shape index (κ2) is 9.37. The van der Waals surface area contributed by atoms with Gasteiger partial charge in [0.25, 0.3) is 5.56 Å². The minimum Gasteiger partial charge on any atom is -0.377 e. The van der Waals surface area contributed by atoms with Crippen molar-refractivity contribution >= 4 is 21.6 Å². The van der Waals surface area contributed by atoms with Crippen LogP contribution in [0.4, 0.5) is 4.39 Å². The highest BCUT2D eigenvalue weighted by atomic mass is 32.1. The first-order chi connectivity index (χ1) is 14.5. The Labute approximate surface area is 179 Å². The van der Waals surface area contributed by atoms with E-state index in [0.29, 0.717) is 25.6 Å². The zero-order valence-electron chi connectivity index (χ0n) is 17.5. The molecule has 2 aromatic heterocycles. The Morgan fingerprint density at radius 3 is 2.90 bits per heavy atom. The third kappa shape index (κ3) is 4.79. The van der Waals surface area contributed by atoms with E-state index >= 15 is 0 Å². The molecule has 0 aliphatic heterocycles. The molecule has 160 valence electrons. The van der Waals surface area contributed by atoms with Crippen molar-refractivity contribution in [2.24, 2.45) is 0 Å². The third-order valence-corrected chi connectivity index (χ3v) is 6.74. The van der Waals surface area contributed by atoms with Gasteiger partial charge in [0, 0.05) is 24.0 Å². The average Bonchev–Trinajstić information content (AvgIpc) is 3.10. The van der Waals surface area contributed by atoms with Crippen LogP contribution in [0.1, 0.15) is 36.3 Å². The van der Waals surface area contributed by atoms with Crippen LogP contribution >= 0.6 is 11.3 Å². The van der Waals surface area contributed by atoms with Gasteiger partial charge in [-0.15, -0.1) is 11.3 Å². The molecular weight excluding hydrogens is 401 g/mol. The maximum absolute atomic E-state index is 13.1. The summed E-state index contributed by atoms with van der Waals surface area (Å²) in [5.74, 6) is -0.246. The Bertz CT molecular complexity index is 1060. The van der Waals surface area contributed by atoms with Gasteiger partial charge in [0.1, 0.15) is 10.6 Å². The molecule has 0 fully saturated rings. The summed E-state index contributed by atoms with van der Waals surface area (Å²) >= 11 is 1.65. The standard InChI is InChI=1S/C23H28FN3O2S/c1-15(2)29-12-10-25-18-7-8-19-20(13-18)30-22-21(19)23(28)27(14-26-22)11-9-16-3-5-17(24)6-4-16/h3-6,14-15,18,25H,7-13H2,1-2H3. The van der Waals surface area contributed by atoms with Crippen molar-refractivity contribution in [3.05, 3.63) is 62.8 Å². The maximum atomic E-state index is 13.1. The number of nitrogens with zero attached hydrogens (tertiary/aromatic N) is 2. The first-order valence-electron chi connectivity index (χ1n) is 10.6. The Hall–Kier alpha value is -2.09. The Balaban J connectivity index is 1.46. The summed E-state index contributed by atoms with van der Waals surface area (Å²) in [6.07, 6.45) is 5.43. The minimum absolute atomic E-state index is 0.0383. The quantitative estimate of drug-likeness (QED) is 0.555. The lowest BCUT2D eigenvalue weighted by atomic mass is 9.93. The van der Waals surface area contributed by atoms with Crippen molar-refractivity contribution in [1.82, 2.24) is 14.9 Å². The zero-order valence-corrected chi connectivity index (χ0v) is 18.3. The molecule has 5 nitrogen and oxygen atoms in total. The van der Waals surface area contributed by atoms with E-state index in [4.69, 9.17) is 4.74 Å². The van der Waals surface area contributed by atoms with Crippen molar-refractivity contribution < 1.29 is 9.13 Å². The van der Waals surface area contributed by atoms with Gasteiger partial charge in [0.15, 0.2) is 0 Å². The summed E-state index contributed by atoms with van der Waals surface area (Å²) < 4.78 is 20.4. The van der Waals surface area contributed by atoms with E-state index in [1.165, 1.54) is 22.6 Å². The summed E-state index contributed by atoms with van der Waals surface area (Å²) in [6.45, 7) is 6.19. The largest absolute Gasteiger partial charge is 0.377 e. The lowest BCUT2D eigenvalue weighted by Crippen LogP contribution is -2.36. The predicted molar refractivity (Wildman–Crippen MR) is 119 cm³/mol. The van der Waals surface area contributed by atoms with E-state index < -0.39 is 0 Å². The van der Waals surface area contributed by atoms with Gasteiger partial charge in [0.05, 0.1) is 24.4 Å². The molecule has 3 aromatic rings. The number of nitrogens with one attached hydrogen (secondary N) is 1. The Kier molecular flexibility index (Phi) is 6.61. The molecule has 1 N–H and O–H groups in total. The van der Waals surface area contributed by atoms with Gasteiger partial charge >= 0.3 is 0 Å². The van der Waals surface area contributed by atoms with E-state index in [-0.39, 0.29) is 17.5 Å². The number of aryl methyl sites for hydroxylation is 3. The number of aromatic nitrogens is 2. The lowest BCUT2D eigenvalue weighted by Gasteiger charge is -2.23. The summed E-state index contributed by atoms with van der Waals surface area (Å²) in [6, 6.07) is 6.85. The Morgan fingerprint density at radius 1 is 1.33 bits per heavy atom. The first-order valence-corrected chi connectivity index (χ1v) is 11.4. The minimum atomic E-state index is -0.246. The van der Waals surface area contributed by atoms with Gasteiger partial charge < -0.3 is 10.1 Å². The zero-order chi connectivity index (χ0) is 21.1. The van der Waals surface area contributed by atoms with Crippen molar-refractivity contribution in [3.63, 3.8) is 0 Å². The molecule has 1 aliphatic rings. The number of ether oxygens (including phenoxy) is 1. The molecule has 0 saturated heterocycles. The molecule has 1 atom stereocenters. The SMILES string of the molecule is CC(C)OCCNC1CCc2c(sc3ncn(CCc4ccc(F)cc4)c(=O)c23)C1. The van der Waals surface area contributed by atoms with E-state index in [0.717, 1.165) is 41.6 Å². The van der Waals surface area contributed by atoms with Crippen LogP contribution in [0.3, 0.4) is 0 Å². The number of benzene rings is 1. The van der Waals surface area contributed by atoms with Crippen LogP contribution in [0.15, 0.2) is 35.4 Å². The molecule has 2 heterocycles. The van der Waals surface area contributed by atoms with Crippen molar-refractivity contribution in [1.29, 1.82) is 0 Å². The molecule has 0 spiro atoms. The molecule has 0 bridgehead atoms. The third-order valence-electron chi connectivity index (χ3n) is 5.58. The van der Waals surface area contributed by atoms with Crippen LogP contribution in [-0.4, -0.2) is 34.8 Å². The van der Waals surface area contributed by atoms with Gasteiger partial charge in [-0.05, 0) is 62.8 Å². The average molecular weight is 430 g/mol. The second-order valence-corrected chi connectivity index (χ2v) is 9.20. The first kappa shape index (κ1) is 21.2. The van der Waals surface area contributed by atoms with Crippen molar-refractivity contribution in [2.75, 3.05) is 13.2 Å². The number of thiophene rings is 1. The van der Waals surface area contributed by atoms with Crippen LogP contribution in [0.2, 0.25) is 0 Å². The van der Waals surface area contributed by atoms with Crippen LogP contribution in [-0.2, 0) is 30.5 Å². The number of halogens is 1. The van der Waals surface area contributed by atoms with Gasteiger partial charge in [-0.3, -0.25) is 9.36 Å². The van der Waals surface area contributed by atoms with Crippen LogP contribution < -0.4 is 10.9 Å². The van der Waals surface area contributed by atoms with Crippen LogP contribution in [0, 0.1) is 5.82 Å². The van der Waals surface area contributed by atoms with Crippen LogP contribution in [0.5, 0.6) is 0 Å².